The Bertz CT molecular complexity index is 860. The molecular formula is C18H21BrN4O3. The second-order valence-electron chi connectivity index (χ2n) is 6.22. The summed E-state index contributed by atoms with van der Waals surface area (Å²) in [6.07, 6.45) is 3.10. The smallest absolute Gasteiger partial charge is 0.282 e. The summed E-state index contributed by atoms with van der Waals surface area (Å²) in [4.78, 5) is 26.7. The van der Waals surface area contributed by atoms with Gasteiger partial charge in [0.25, 0.3) is 5.56 Å². The molecule has 1 aliphatic heterocycles. The summed E-state index contributed by atoms with van der Waals surface area (Å²) >= 11 is 3.36. The van der Waals surface area contributed by atoms with Gasteiger partial charge in [0.15, 0.2) is 0 Å². The predicted octanol–water partition coefficient (Wildman–Crippen LogP) is 2.41. The molecule has 26 heavy (non-hydrogen) atoms. The molecule has 1 fully saturated rings. The molecule has 2 aromatic rings. The van der Waals surface area contributed by atoms with Crippen molar-refractivity contribution < 1.29 is 9.53 Å². The van der Waals surface area contributed by atoms with Crippen LogP contribution in [-0.4, -0.2) is 35.9 Å². The van der Waals surface area contributed by atoms with Gasteiger partial charge in [0.05, 0.1) is 24.7 Å². The first kappa shape index (κ1) is 18.4. The van der Waals surface area contributed by atoms with Crippen LogP contribution in [0.1, 0.15) is 12.8 Å². The number of aryl methyl sites for hydroxylation is 1. The van der Waals surface area contributed by atoms with Crippen molar-refractivity contribution in [2.24, 2.45) is 13.0 Å². The SMILES string of the molecule is COc1ccccc1NC(=O)C1CCN(c2cnn(C)c(=O)c2Br)CC1. The fraction of sp³-hybridized carbons (Fsp3) is 0.389. The van der Waals surface area contributed by atoms with Crippen molar-refractivity contribution >= 4 is 33.2 Å². The number of nitrogens with zero attached hydrogens (tertiary/aromatic N) is 3. The maximum atomic E-state index is 12.6. The van der Waals surface area contributed by atoms with Crippen LogP contribution in [0.5, 0.6) is 5.75 Å². The predicted molar refractivity (Wildman–Crippen MR) is 104 cm³/mol. The number of rotatable bonds is 4. The maximum absolute atomic E-state index is 12.6. The molecule has 1 aromatic heterocycles. The van der Waals surface area contributed by atoms with E-state index >= 15 is 0 Å². The average molecular weight is 421 g/mol. The quantitative estimate of drug-likeness (QED) is 0.821. The number of methoxy groups -OCH3 is 1. The van der Waals surface area contributed by atoms with Gasteiger partial charge in [0.1, 0.15) is 10.2 Å². The first-order valence-electron chi connectivity index (χ1n) is 8.42. The lowest BCUT2D eigenvalue weighted by molar-refractivity contribution is -0.120. The van der Waals surface area contributed by atoms with Crippen molar-refractivity contribution in [2.75, 3.05) is 30.4 Å². The number of benzene rings is 1. The van der Waals surface area contributed by atoms with Crippen molar-refractivity contribution in [1.29, 1.82) is 0 Å². The highest BCUT2D eigenvalue weighted by Gasteiger charge is 2.27. The van der Waals surface area contributed by atoms with Crippen molar-refractivity contribution in [3.63, 3.8) is 0 Å². The molecule has 7 nitrogen and oxygen atoms in total. The third-order valence-electron chi connectivity index (χ3n) is 4.63. The number of carbonyl (C=O) groups excluding carboxylic acids is 1. The van der Waals surface area contributed by atoms with Gasteiger partial charge in [-0.2, -0.15) is 5.10 Å². The van der Waals surface area contributed by atoms with Crippen LogP contribution in [-0.2, 0) is 11.8 Å². The molecule has 0 bridgehead atoms. The minimum absolute atomic E-state index is 0.00434. The number of carbonyl (C=O) groups is 1. The molecule has 1 N–H and O–H groups in total. The minimum Gasteiger partial charge on any atom is -0.495 e. The van der Waals surface area contributed by atoms with Crippen molar-refractivity contribution in [3.05, 3.63) is 45.3 Å². The molecule has 0 aliphatic carbocycles. The van der Waals surface area contributed by atoms with Gasteiger partial charge in [-0.25, -0.2) is 4.68 Å². The molecule has 138 valence electrons. The molecule has 0 atom stereocenters. The Labute approximate surface area is 160 Å². The molecule has 1 amide bonds. The number of para-hydroxylation sites is 2. The third-order valence-corrected chi connectivity index (χ3v) is 5.38. The summed E-state index contributed by atoms with van der Waals surface area (Å²) in [6.45, 7) is 1.38. The van der Waals surface area contributed by atoms with E-state index < -0.39 is 0 Å². The molecule has 0 spiro atoms. The number of piperidine rings is 1. The van der Waals surface area contributed by atoms with Gasteiger partial charge in [-0.05, 0) is 40.9 Å². The largest absolute Gasteiger partial charge is 0.495 e. The number of amides is 1. The van der Waals surface area contributed by atoms with E-state index in [4.69, 9.17) is 4.74 Å². The molecule has 3 rings (SSSR count). The van der Waals surface area contributed by atoms with E-state index in [-0.39, 0.29) is 17.4 Å². The zero-order chi connectivity index (χ0) is 18.7. The summed E-state index contributed by atoms with van der Waals surface area (Å²) in [7, 11) is 3.20. The van der Waals surface area contributed by atoms with Crippen LogP contribution in [0.3, 0.4) is 0 Å². The summed E-state index contributed by atoms with van der Waals surface area (Å²) < 4.78 is 7.07. The lowest BCUT2D eigenvalue weighted by Gasteiger charge is -2.33. The van der Waals surface area contributed by atoms with Crippen LogP contribution in [0.15, 0.2) is 39.7 Å². The molecule has 1 aliphatic rings. The number of ether oxygens (including phenoxy) is 1. The Hall–Kier alpha value is -2.35. The van der Waals surface area contributed by atoms with Gasteiger partial charge < -0.3 is 15.0 Å². The van der Waals surface area contributed by atoms with Crippen molar-refractivity contribution in [1.82, 2.24) is 9.78 Å². The van der Waals surface area contributed by atoms with Crippen LogP contribution in [0.2, 0.25) is 0 Å². The summed E-state index contributed by atoms with van der Waals surface area (Å²) in [6, 6.07) is 7.37. The molecule has 1 saturated heterocycles. The van der Waals surface area contributed by atoms with Crippen molar-refractivity contribution in [3.8, 4) is 5.75 Å². The highest BCUT2D eigenvalue weighted by atomic mass is 79.9. The van der Waals surface area contributed by atoms with E-state index in [1.54, 1.807) is 20.4 Å². The Kier molecular flexibility index (Phi) is 5.61. The van der Waals surface area contributed by atoms with Gasteiger partial charge in [-0.3, -0.25) is 9.59 Å². The summed E-state index contributed by atoms with van der Waals surface area (Å²) in [5.74, 6) is 0.568. The van der Waals surface area contributed by atoms with Gasteiger partial charge in [-0.15, -0.1) is 0 Å². The fourth-order valence-electron chi connectivity index (χ4n) is 3.09. The van der Waals surface area contributed by atoms with Gasteiger partial charge >= 0.3 is 0 Å². The Balaban J connectivity index is 1.64. The van der Waals surface area contributed by atoms with Gasteiger partial charge in [0, 0.05) is 26.1 Å². The van der Waals surface area contributed by atoms with Crippen LogP contribution in [0, 0.1) is 5.92 Å². The lowest BCUT2D eigenvalue weighted by Crippen LogP contribution is -2.39. The number of halogens is 1. The number of hydrogen-bond acceptors (Lipinski definition) is 5. The van der Waals surface area contributed by atoms with Crippen molar-refractivity contribution in [2.45, 2.75) is 12.8 Å². The highest BCUT2D eigenvalue weighted by Crippen LogP contribution is 2.29. The zero-order valence-electron chi connectivity index (χ0n) is 14.7. The average Bonchev–Trinajstić information content (AvgIpc) is 2.67. The van der Waals surface area contributed by atoms with E-state index in [9.17, 15) is 9.59 Å². The van der Waals surface area contributed by atoms with Gasteiger partial charge in [0.2, 0.25) is 5.91 Å². The number of anilines is 2. The standard InChI is InChI=1S/C18H21BrN4O3/c1-22-18(25)16(19)14(11-20-22)23-9-7-12(8-10-23)17(24)21-13-5-3-4-6-15(13)26-2/h3-6,11-12H,7-10H2,1-2H3,(H,21,24). The van der Waals surface area contributed by atoms with E-state index in [0.717, 1.165) is 5.69 Å². The van der Waals surface area contributed by atoms with Crippen LogP contribution >= 0.6 is 15.9 Å². The number of nitrogens with one attached hydrogen (secondary N) is 1. The topological polar surface area (TPSA) is 76.5 Å². The monoisotopic (exact) mass is 420 g/mol. The lowest BCUT2D eigenvalue weighted by atomic mass is 9.95. The molecule has 0 radical (unpaired) electrons. The molecule has 0 unspecified atom stereocenters. The highest BCUT2D eigenvalue weighted by molar-refractivity contribution is 9.10. The fourth-order valence-corrected chi connectivity index (χ4v) is 3.70. The molecule has 1 aromatic carbocycles. The minimum atomic E-state index is -0.168. The molecular weight excluding hydrogens is 400 g/mol. The molecule has 8 heteroatoms. The van der Waals surface area contributed by atoms with E-state index in [0.29, 0.717) is 41.8 Å². The van der Waals surface area contributed by atoms with E-state index in [1.165, 1.54) is 4.68 Å². The van der Waals surface area contributed by atoms with Crippen LogP contribution in [0.25, 0.3) is 0 Å². The zero-order valence-corrected chi connectivity index (χ0v) is 16.3. The first-order chi connectivity index (χ1) is 12.5. The number of hydrogen-bond donors (Lipinski definition) is 1. The van der Waals surface area contributed by atoms with Crippen LogP contribution < -0.4 is 20.5 Å². The summed E-state index contributed by atoms with van der Waals surface area (Å²) in [5, 5.41) is 7.04. The Morgan fingerprint density at radius 2 is 2.00 bits per heavy atom. The van der Waals surface area contributed by atoms with E-state index in [2.05, 4.69) is 31.2 Å². The Morgan fingerprint density at radius 3 is 2.69 bits per heavy atom. The molecule has 2 heterocycles. The van der Waals surface area contributed by atoms with E-state index in [1.807, 2.05) is 24.3 Å². The normalized spacial score (nSPS) is 15.0. The summed E-state index contributed by atoms with van der Waals surface area (Å²) in [5.41, 5.74) is 1.29. The van der Waals surface area contributed by atoms with Gasteiger partial charge in [-0.1, -0.05) is 12.1 Å². The third kappa shape index (κ3) is 3.75. The second-order valence-corrected chi connectivity index (χ2v) is 7.02. The second kappa shape index (κ2) is 7.90. The first-order valence-corrected chi connectivity index (χ1v) is 9.21. The molecule has 0 saturated carbocycles. The van der Waals surface area contributed by atoms with Crippen LogP contribution in [0.4, 0.5) is 11.4 Å². The maximum Gasteiger partial charge on any atom is 0.282 e. The Morgan fingerprint density at radius 1 is 1.31 bits per heavy atom. The number of aromatic nitrogens is 2.